The summed E-state index contributed by atoms with van der Waals surface area (Å²) in [5, 5.41) is 3.22. The summed E-state index contributed by atoms with van der Waals surface area (Å²) in [4.78, 5) is 8.50. The van der Waals surface area contributed by atoms with Crippen LogP contribution in [-0.4, -0.2) is 16.0 Å². The number of rotatable bonds is 4. The summed E-state index contributed by atoms with van der Waals surface area (Å²) in [5.74, 6) is 4.30. The van der Waals surface area contributed by atoms with E-state index in [-0.39, 0.29) is 6.04 Å². The molecule has 3 nitrogen and oxygen atoms in total. The van der Waals surface area contributed by atoms with Crippen molar-refractivity contribution in [2.75, 3.05) is 5.32 Å². The van der Waals surface area contributed by atoms with Crippen LogP contribution < -0.4 is 5.32 Å². The van der Waals surface area contributed by atoms with Gasteiger partial charge in [-0.3, -0.25) is 0 Å². The first-order valence-corrected chi connectivity index (χ1v) is 5.20. The molecular weight excluding hydrogens is 186 g/mol. The molecule has 0 spiro atoms. The fourth-order valence-corrected chi connectivity index (χ4v) is 1.46. The minimum absolute atomic E-state index is 0.0590. The number of terminal acetylenes is 1. The van der Waals surface area contributed by atoms with Crippen molar-refractivity contribution in [1.82, 2.24) is 9.97 Å². The van der Waals surface area contributed by atoms with E-state index in [1.165, 1.54) is 0 Å². The Morgan fingerprint density at radius 3 is 2.73 bits per heavy atom. The zero-order chi connectivity index (χ0) is 11.3. The average Bonchev–Trinajstić information content (AvgIpc) is 2.15. The van der Waals surface area contributed by atoms with Crippen LogP contribution in [0.25, 0.3) is 0 Å². The lowest BCUT2D eigenvalue weighted by atomic mass is 10.2. The van der Waals surface area contributed by atoms with Gasteiger partial charge in [-0.1, -0.05) is 19.3 Å². The molecule has 0 amide bonds. The van der Waals surface area contributed by atoms with Crippen LogP contribution in [0, 0.1) is 26.2 Å². The molecule has 3 heteroatoms. The number of nitrogens with zero attached hydrogens (tertiary/aromatic N) is 2. The molecule has 0 fully saturated rings. The van der Waals surface area contributed by atoms with Gasteiger partial charge < -0.3 is 5.32 Å². The molecule has 1 atom stereocenters. The van der Waals surface area contributed by atoms with Crippen LogP contribution in [0.2, 0.25) is 0 Å². The molecule has 80 valence electrons. The van der Waals surface area contributed by atoms with E-state index in [0.717, 1.165) is 30.2 Å². The van der Waals surface area contributed by atoms with E-state index < -0.39 is 0 Å². The molecule has 0 aliphatic carbocycles. The third-order valence-electron chi connectivity index (χ3n) is 2.07. The molecule has 1 aromatic heterocycles. The lowest BCUT2D eigenvalue weighted by molar-refractivity contribution is 0.750. The smallest absolute Gasteiger partial charge is 0.130 e. The predicted octanol–water partition coefficient (Wildman–Crippen LogP) is 2.31. The van der Waals surface area contributed by atoms with Crippen LogP contribution >= 0.6 is 0 Å². The van der Waals surface area contributed by atoms with Crippen molar-refractivity contribution in [2.45, 2.75) is 39.7 Å². The third kappa shape index (κ3) is 3.59. The second-order valence-corrected chi connectivity index (χ2v) is 3.59. The van der Waals surface area contributed by atoms with Crippen LogP contribution in [0.3, 0.4) is 0 Å². The molecule has 0 radical (unpaired) electrons. The van der Waals surface area contributed by atoms with Crippen molar-refractivity contribution in [3.63, 3.8) is 0 Å². The minimum atomic E-state index is 0.0590. The Morgan fingerprint density at radius 1 is 1.47 bits per heavy atom. The quantitative estimate of drug-likeness (QED) is 0.763. The maximum absolute atomic E-state index is 5.43. The first-order valence-electron chi connectivity index (χ1n) is 5.20. The van der Waals surface area contributed by atoms with Crippen LogP contribution in [0.15, 0.2) is 6.07 Å². The van der Waals surface area contributed by atoms with Crippen molar-refractivity contribution in [2.24, 2.45) is 0 Å². The van der Waals surface area contributed by atoms with Gasteiger partial charge in [-0.2, -0.15) is 0 Å². The summed E-state index contributed by atoms with van der Waals surface area (Å²) in [5.41, 5.74) is 0.956. The number of hydrogen-bond donors (Lipinski definition) is 1. The highest BCUT2D eigenvalue weighted by Crippen LogP contribution is 2.09. The van der Waals surface area contributed by atoms with Crippen molar-refractivity contribution in [1.29, 1.82) is 0 Å². The van der Waals surface area contributed by atoms with Crippen LogP contribution in [0.1, 0.15) is 31.3 Å². The fourth-order valence-electron chi connectivity index (χ4n) is 1.46. The molecule has 1 aromatic rings. The molecule has 0 aliphatic rings. The van der Waals surface area contributed by atoms with E-state index in [4.69, 9.17) is 6.42 Å². The Balaban J connectivity index is 2.75. The SMILES string of the molecule is C#CC(CCC)Nc1cc(C)nc(C)n1. The predicted molar refractivity (Wildman–Crippen MR) is 62.7 cm³/mol. The van der Waals surface area contributed by atoms with Gasteiger partial charge in [-0.25, -0.2) is 9.97 Å². The maximum Gasteiger partial charge on any atom is 0.130 e. The van der Waals surface area contributed by atoms with Gasteiger partial charge in [0.1, 0.15) is 11.6 Å². The monoisotopic (exact) mass is 203 g/mol. The van der Waals surface area contributed by atoms with E-state index in [1.54, 1.807) is 0 Å². The minimum Gasteiger partial charge on any atom is -0.356 e. The van der Waals surface area contributed by atoms with Crippen molar-refractivity contribution in [3.8, 4) is 12.3 Å². The molecule has 0 saturated carbocycles. The first-order chi connectivity index (χ1) is 7.15. The van der Waals surface area contributed by atoms with Gasteiger partial charge in [0.2, 0.25) is 0 Å². The Hall–Kier alpha value is -1.56. The zero-order valence-electron chi connectivity index (χ0n) is 9.54. The van der Waals surface area contributed by atoms with Crippen LogP contribution in [0.4, 0.5) is 5.82 Å². The Kier molecular flexibility index (Phi) is 4.11. The highest BCUT2D eigenvalue weighted by molar-refractivity contribution is 5.39. The molecule has 0 saturated heterocycles. The largest absolute Gasteiger partial charge is 0.356 e. The number of anilines is 1. The molecule has 15 heavy (non-hydrogen) atoms. The van der Waals surface area contributed by atoms with Crippen molar-refractivity contribution < 1.29 is 0 Å². The van der Waals surface area contributed by atoms with Gasteiger partial charge in [0.15, 0.2) is 0 Å². The average molecular weight is 203 g/mol. The molecule has 1 unspecified atom stereocenters. The van der Waals surface area contributed by atoms with Crippen LogP contribution in [-0.2, 0) is 0 Å². The van der Waals surface area contributed by atoms with E-state index in [1.807, 2.05) is 19.9 Å². The number of hydrogen-bond acceptors (Lipinski definition) is 3. The summed E-state index contributed by atoms with van der Waals surface area (Å²) in [6.07, 6.45) is 7.44. The van der Waals surface area contributed by atoms with Gasteiger partial charge in [0.05, 0.1) is 6.04 Å². The topological polar surface area (TPSA) is 37.8 Å². The molecule has 1 rings (SSSR count). The van der Waals surface area contributed by atoms with Gasteiger partial charge in [-0.05, 0) is 20.3 Å². The highest BCUT2D eigenvalue weighted by atomic mass is 15.0. The molecule has 0 aliphatic heterocycles. The summed E-state index contributed by atoms with van der Waals surface area (Å²) in [6, 6.07) is 1.97. The molecule has 0 aromatic carbocycles. The molecule has 0 bridgehead atoms. The third-order valence-corrected chi connectivity index (χ3v) is 2.07. The summed E-state index contributed by atoms with van der Waals surface area (Å²) in [7, 11) is 0. The van der Waals surface area contributed by atoms with Crippen LogP contribution in [0.5, 0.6) is 0 Å². The van der Waals surface area contributed by atoms with E-state index in [2.05, 4.69) is 28.1 Å². The number of aromatic nitrogens is 2. The number of aryl methyl sites for hydroxylation is 2. The molecule has 1 N–H and O–H groups in total. The zero-order valence-corrected chi connectivity index (χ0v) is 9.54. The van der Waals surface area contributed by atoms with Gasteiger partial charge in [0.25, 0.3) is 0 Å². The summed E-state index contributed by atoms with van der Waals surface area (Å²) in [6.45, 7) is 5.94. The van der Waals surface area contributed by atoms with Crippen molar-refractivity contribution in [3.05, 3.63) is 17.6 Å². The summed E-state index contributed by atoms with van der Waals surface area (Å²) >= 11 is 0. The second-order valence-electron chi connectivity index (χ2n) is 3.59. The Bertz CT molecular complexity index is 345. The van der Waals surface area contributed by atoms with E-state index in [0.29, 0.717) is 0 Å². The highest BCUT2D eigenvalue weighted by Gasteiger charge is 2.05. The lowest BCUT2D eigenvalue weighted by Gasteiger charge is -2.13. The number of nitrogens with one attached hydrogen (secondary N) is 1. The van der Waals surface area contributed by atoms with E-state index in [9.17, 15) is 0 Å². The fraction of sp³-hybridized carbons (Fsp3) is 0.500. The van der Waals surface area contributed by atoms with Gasteiger partial charge >= 0.3 is 0 Å². The second kappa shape index (κ2) is 5.35. The lowest BCUT2D eigenvalue weighted by Crippen LogP contribution is -2.18. The first kappa shape index (κ1) is 11.5. The van der Waals surface area contributed by atoms with Crippen molar-refractivity contribution >= 4 is 5.82 Å². The van der Waals surface area contributed by atoms with E-state index >= 15 is 0 Å². The van der Waals surface area contributed by atoms with Gasteiger partial charge in [-0.15, -0.1) is 6.42 Å². The maximum atomic E-state index is 5.43. The standard InChI is InChI=1S/C12H17N3/c1-5-7-11(6-2)15-12-8-9(3)13-10(4)14-12/h2,8,11H,5,7H2,1,3-4H3,(H,13,14,15). The Labute approximate surface area is 91.3 Å². The Morgan fingerprint density at radius 2 is 2.20 bits per heavy atom. The van der Waals surface area contributed by atoms with Gasteiger partial charge in [0, 0.05) is 11.8 Å². The molecule has 1 heterocycles. The summed E-state index contributed by atoms with van der Waals surface area (Å²) < 4.78 is 0. The normalized spacial score (nSPS) is 11.9. The molecular formula is C12H17N3.